The number of thioether (sulfide) groups is 1. The van der Waals surface area contributed by atoms with Crippen LogP contribution in [-0.4, -0.2) is 27.4 Å². The predicted octanol–water partition coefficient (Wildman–Crippen LogP) is 3.21. The molecule has 8 heteroatoms. The van der Waals surface area contributed by atoms with Crippen molar-refractivity contribution in [1.82, 2.24) is 9.55 Å². The number of nitrogens with zero attached hydrogens (tertiary/aromatic N) is 2. The van der Waals surface area contributed by atoms with Gasteiger partial charge in [-0.3, -0.25) is 14.2 Å². The summed E-state index contributed by atoms with van der Waals surface area (Å²) in [6, 6.07) is 6.03. The highest BCUT2D eigenvalue weighted by molar-refractivity contribution is 8.00. The highest BCUT2D eigenvalue weighted by Gasteiger charge is 2.29. The van der Waals surface area contributed by atoms with Crippen molar-refractivity contribution in [2.75, 3.05) is 6.61 Å². The Kier molecular flexibility index (Phi) is 4.09. The quantitative estimate of drug-likeness (QED) is 0.519. The first-order valence-corrected chi connectivity index (χ1v) is 9.38. The van der Waals surface area contributed by atoms with Gasteiger partial charge in [0.2, 0.25) is 0 Å². The largest absolute Gasteiger partial charge is 0.465 e. The minimum absolute atomic E-state index is 0.181. The van der Waals surface area contributed by atoms with Crippen LogP contribution in [0.15, 0.2) is 39.6 Å². The first-order valence-electron chi connectivity index (χ1n) is 7.62. The van der Waals surface area contributed by atoms with Gasteiger partial charge in [0.15, 0.2) is 5.16 Å². The monoisotopic (exact) mass is 376 g/mol. The summed E-state index contributed by atoms with van der Waals surface area (Å²) < 4.78 is 19.6. The molecule has 5 nitrogen and oxygen atoms in total. The fraction of sp³-hybridized carbons (Fsp3) is 0.235. The summed E-state index contributed by atoms with van der Waals surface area (Å²) in [6.45, 7) is 0.403. The van der Waals surface area contributed by atoms with Gasteiger partial charge in [-0.2, -0.15) is 0 Å². The number of halogens is 1. The lowest BCUT2D eigenvalue weighted by Gasteiger charge is -2.09. The normalized spacial score (nSPS) is 17.2. The average molecular weight is 376 g/mol. The molecule has 0 bridgehead atoms. The number of benzene rings is 1. The molecule has 1 aliphatic rings. The van der Waals surface area contributed by atoms with Crippen LogP contribution in [0.1, 0.15) is 6.42 Å². The van der Waals surface area contributed by atoms with Crippen molar-refractivity contribution < 1.29 is 13.9 Å². The molecule has 0 amide bonds. The maximum Gasteiger partial charge on any atom is 0.319 e. The van der Waals surface area contributed by atoms with Crippen LogP contribution in [-0.2, 0) is 16.6 Å². The predicted molar refractivity (Wildman–Crippen MR) is 95.5 cm³/mol. The third-order valence-electron chi connectivity index (χ3n) is 4.06. The van der Waals surface area contributed by atoms with Crippen molar-refractivity contribution in [3.8, 4) is 11.1 Å². The zero-order valence-electron chi connectivity index (χ0n) is 13.2. The maximum absolute atomic E-state index is 13.1. The molecule has 0 N–H and O–H groups in total. The number of rotatable bonds is 3. The van der Waals surface area contributed by atoms with Crippen molar-refractivity contribution in [1.29, 1.82) is 0 Å². The first kappa shape index (κ1) is 16.3. The second-order valence-electron chi connectivity index (χ2n) is 5.66. The van der Waals surface area contributed by atoms with E-state index in [0.717, 1.165) is 11.1 Å². The van der Waals surface area contributed by atoms with Crippen molar-refractivity contribution in [3.05, 3.63) is 45.8 Å². The molecule has 1 fully saturated rings. The van der Waals surface area contributed by atoms with Crippen molar-refractivity contribution in [2.24, 2.45) is 7.05 Å². The minimum atomic E-state index is -0.327. The summed E-state index contributed by atoms with van der Waals surface area (Å²) in [5, 5.41) is 2.53. The van der Waals surface area contributed by atoms with Gasteiger partial charge in [-0.25, -0.2) is 9.37 Å². The Hall–Kier alpha value is -2.19. The molecule has 4 rings (SSSR count). The van der Waals surface area contributed by atoms with E-state index in [-0.39, 0.29) is 22.6 Å². The number of ether oxygens (including phenoxy) is 1. The number of esters is 1. The van der Waals surface area contributed by atoms with Gasteiger partial charge in [0, 0.05) is 24.4 Å². The Morgan fingerprint density at radius 1 is 1.32 bits per heavy atom. The Morgan fingerprint density at radius 2 is 2.08 bits per heavy atom. The summed E-state index contributed by atoms with van der Waals surface area (Å²) in [7, 11) is 1.64. The smallest absolute Gasteiger partial charge is 0.319 e. The van der Waals surface area contributed by atoms with E-state index in [0.29, 0.717) is 28.4 Å². The van der Waals surface area contributed by atoms with Crippen LogP contribution in [0.5, 0.6) is 0 Å². The molecule has 0 radical (unpaired) electrons. The topological polar surface area (TPSA) is 61.2 Å². The number of carbonyl (C=O) groups is 1. The van der Waals surface area contributed by atoms with Crippen LogP contribution < -0.4 is 5.56 Å². The molecule has 3 aromatic rings. The molecule has 3 heterocycles. The molecule has 128 valence electrons. The van der Waals surface area contributed by atoms with Gasteiger partial charge in [-0.1, -0.05) is 23.9 Å². The van der Waals surface area contributed by atoms with Crippen LogP contribution in [0.25, 0.3) is 21.3 Å². The Bertz CT molecular complexity index is 1030. The molecule has 1 saturated heterocycles. The van der Waals surface area contributed by atoms with Gasteiger partial charge in [0.25, 0.3) is 5.56 Å². The maximum atomic E-state index is 13.1. The van der Waals surface area contributed by atoms with E-state index in [1.165, 1.54) is 39.8 Å². The third kappa shape index (κ3) is 2.85. The number of hydrogen-bond acceptors (Lipinski definition) is 6. The lowest BCUT2D eigenvalue weighted by atomic mass is 10.1. The first-order chi connectivity index (χ1) is 12.0. The third-order valence-corrected chi connectivity index (χ3v) is 6.23. The molecule has 0 saturated carbocycles. The van der Waals surface area contributed by atoms with Crippen molar-refractivity contribution in [2.45, 2.75) is 16.8 Å². The fourth-order valence-electron chi connectivity index (χ4n) is 2.71. The highest BCUT2D eigenvalue weighted by Crippen LogP contribution is 2.33. The lowest BCUT2D eigenvalue weighted by molar-refractivity contribution is -0.137. The van der Waals surface area contributed by atoms with E-state index in [1.54, 1.807) is 19.2 Å². The molecule has 1 aromatic carbocycles. The van der Waals surface area contributed by atoms with E-state index in [4.69, 9.17) is 4.74 Å². The van der Waals surface area contributed by atoms with E-state index in [1.807, 2.05) is 5.38 Å². The summed E-state index contributed by atoms with van der Waals surface area (Å²) in [5.41, 5.74) is 1.33. The van der Waals surface area contributed by atoms with Crippen molar-refractivity contribution in [3.63, 3.8) is 0 Å². The molecule has 1 atom stereocenters. The molecule has 1 aliphatic heterocycles. The van der Waals surface area contributed by atoms with Crippen LogP contribution >= 0.6 is 23.1 Å². The second-order valence-corrected chi connectivity index (χ2v) is 7.69. The summed E-state index contributed by atoms with van der Waals surface area (Å²) in [4.78, 5) is 29.7. The Balaban J connectivity index is 1.80. The Labute approximate surface area is 150 Å². The average Bonchev–Trinajstić information content (AvgIpc) is 3.20. The van der Waals surface area contributed by atoms with Crippen LogP contribution in [0.3, 0.4) is 0 Å². The zero-order valence-corrected chi connectivity index (χ0v) is 14.8. The van der Waals surface area contributed by atoms with E-state index < -0.39 is 0 Å². The van der Waals surface area contributed by atoms with E-state index in [2.05, 4.69) is 4.98 Å². The van der Waals surface area contributed by atoms with Crippen molar-refractivity contribution >= 4 is 39.3 Å². The molecular weight excluding hydrogens is 363 g/mol. The summed E-state index contributed by atoms with van der Waals surface area (Å²) in [6.07, 6.45) is 0.614. The second kappa shape index (κ2) is 6.27. The van der Waals surface area contributed by atoms with Gasteiger partial charge in [-0.15, -0.1) is 11.3 Å². The highest BCUT2D eigenvalue weighted by atomic mass is 32.2. The van der Waals surface area contributed by atoms with Crippen LogP contribution in [0.4, 0.5) is 4.39 Å². The van der Waals surface area contributed by atoms with Gasteiger partial charge in [0.1, 0.15) is 15.9 Å². The van der Waals surface area contributed by atoms with Crippen LogP contribution in [0, 0.1) is 5.82 Å². The molecule has 25 heavy (non-hydrogen) atoms. The van der Waals surface area contributed by atoms with E-state index >= 15 is 0 Å². The summed E-state index contributed by atoms with van der Waals surface area (Å²) in [5.74, 6) is -0.589. The molecule has 0 unspecified atom stereocenters. The van der Waals surface area contributed by atoms with Crippen LogP contribution in [0.2, 0.25) is 0 Å². The number of carbonyl (C=O) groups excluding carboxylic acids is 1. The molecular formula is C17H13FN2O3S2. The zero-order chi connectivity index (χ0) is 17.6. The molecule has 0 aliphatic carbocycles. The van der Waals surface area contributed by atoms with Gasteiger partial charge < -0.3 is 4.74 Å². The SMILES string of the molecule is Cn1c(S[C@@H]2CCOC2=O)nc2scc(-c3ccc(F)cc3)c2c1=O. The van der Waals surface area contributed by atoms with E-state index in [9.17, 15) is 14.0 Å². The standard InChI is InChI=1S/C17H13FN2O3S2/c1-20-15(21)13-11(9-2-4-10(18)5-3-9)8-24-14(13)19-17(20)25-12-6-7-23-16(12)22/h2-5,8,12H,6-7H2,1H3/t12-/m1/s1. The Morgan fingerprint density at radius 3 is 2.76 bits per heavy atom. The number of thiophene rings is 1. The minimum Gasteiger partial charge on any atom is -0.465 e. The fourth-order valence-corrected chi connectivity index (χ4v) is 4.73. The molecule has 0 spiro atoms. The van der Waals surface area contributed by atoms with Gasteiger partial charge >= 0.3 is 5.97 Å². The molecule has 2 aromatic heterocycles. The van der Waals surface area contributed by atoms with Gasteiger partial charge in [0.05, 0.1) is 12.0 Å². The number of fused-ring (bicyclic) bond motifs is 1. The number of cyclic esters (lactones) is 1. The van der Waals surface area contributed by atoms with Gasteiger partial charge in [-0.05, 0) is 17.7 Å². The number of hydrogen-bond donors (Lipinski definition) is 0. The summed E-state index contributed by atoms with van der Waals surface area (Å²) >= 11 is 2.62. The lowest BCUT2D eigenvalue weighted by Crippen LogP contribution is -2.21. The number of aromatic nitrogens is 2.